The second kappa shape index (κ2) is 5.53. The third-order valence-electron chi connectivity index (χ3n) is 2.87. The SMILES string of the molecule is COc1cc(-c2nc(Cc3nc(C)cs3)no2)ccc1O. The van der Waals surface area contributed by atoms with Gasteiger partial charge in [0.1, 0.15) is 5.01 Å². The third-order valence-corrected chi connectivity index (χ3v) is 3.84. The molecule has 0 fully saturated rings. The lowest BCUT2D eigenvalue weighted by Crippen LogP contribution is -1.90. The first-order chi connectivity index (χ1) is 10.2. The summed E-state index contributed by atoms with van der Waals surface area (Å²) in [7, 11) is 1.49. The first kappa shape index (κ1) is 13.6. The van der Waals surface area contributed by atoms with E-state index in [4.69, 9.17) is 9.26 Å². The minimum absolute atomic E-state index is 0.0687. The minimum Gasteiger partial charge on any atom is -0.504 e. The lowest BCUT2D eigenvalue weighted by Gasteiger charge is -2.03. The molecule has 21 heavy (non-hydrogen) atoms. The number of nitrogens with zero attached hydrogens (tertiary/aromatic N) is 3. The fourth-order valence-electron chi connectivity index (χ4n) is 1.87. The molecule has 2 heterocycles. The number of aromatic hydroxyl groups is 1. The van der Waals surface area contributed by atoms with E-state index in [1.54, 1.807) is 23.5 Å². The standard InChI is InChI=1S/C14H13N3O3S/c1-8-7-21-13(15-8)6-12-16-14(20-17-12)9-3-4-10(18)11(5-9)19-2/h3-5,7,18H,6H2,1-2H3. The van der Waals surface area contributed by atoms with Crippen molar-refractivity contribution in [1.82, 2.24) is 15.1 Å². The van der Waals surface area contributed by atoms with Crippen molar-refractivity contribution in [3.63, 3.8) is 0 Å². The van der Waals surface area contributed by atoms with Crippen molar-refractivity contribution in [1.29, 1.82) is 0 Å². The van der Waals surface area contributed by atoms with E-state index in [1.165, 1.54) is 13.2 Å². The van der Waals surface area contributed by atoms with Crippen molar-refractivity contribution < 1.29 is 14.4 Å². The lowest BCUT2D eigenvalue weighted by molar-refractivity contribution is 0.373. The van der Waals surface area contributed by atoms with Crippen LogP contribution in [-0.2, 0) is 6.42 Å². The molecule has 0 spiro atoms. The molecule has 0 bridgehead atoms. The van der Waals surface area contributed by atoms with Crippen LogP contribution in [0.4, 0.5) is 0 Å². The molecule has 7 heteroatoms. The summed E-state index contributed by atoms with van der Waals surface area (Å²) in [4.78, 5) is 8.71. The van der Waals surface area contributed by atoms with Crippen molar-refractivity contribution in [3.8, 4) is 23.0 Å². The molecule has 0 saturated heterocycles. The Hall–Kier alpha value is -2.41. The molecule has 0 saturated carbocycles. The van der Waals surface area contributed by atoms with Crippen LogP contribution < -0.4 is 4.74 Å². The van der Waals surface area contributed by atoms with Gasteiger partial charge in [0.25, 0.3) is 5.89 Å². The van der Waals surface area contributed by atoms with Gasteiger partial charge in [-0.2, -0.15) is 4.98 Å². The number of thiazole rings is 1. The van der Waals surface area contributed by atoms with Gasteiger partial charge in [0, 0.05) is 16.6 Å². The Balaban J connectivity index is 1.84. The van der Waals surface area contributed by atoms with Gasteiger partial charge in [-0.3, -0.25) is 0 Å². The van der Waals surface area contributed by atoms with Gasteiger partial charge in [-0.05, 0) is 25.1 Å². The molecule has 3 rings (SSSR count). The Labute approximate surface area is 125 Å². The number of ether oxygens (including phenoxy) is 1. The van der Waals surface area contributed by atoms with Gasteiger partial charge < -0.3 is 14.4 Å². The normalized spacial score (nSPS) is 10.8. The Morgan fingerprint density at radius 2 is 2.19 bits per heavy atom. The van der Waals surface area contributed by atoms with E-state index in [0.29, 0.717) is 29.4 Å². The van der Waals surface area contributed by atoms with E-state index in [-0.39, 0.29) is 5.75 Å². The maximum atomic E-state index is 9.59. The van der Waals surface area contributed by atoms with Gasteiger partial charge in [0.2, 0.25) is 0 Å². The van der Waals surface area contributed by atoms with Crippen LogP contribution in [0.25, 0.3) is 11.5 Å². The number of phenolic OH excluding ortho intramolecular Hbond substituents is 1. The predicted octanol–water partition coefficient (Wildman–Crippen LogP) is 2.81. The second-order valence-electron chi connectivity index (χ2n) is 4.46. The number of hydrogen-bond acceptors (Lipinski definition) is 7. The summed E-state index contributed by atoms with van der Waals surface area (Å²) in [5.74, 6) is 1.39. The Kier molecular flexibility index (Phi) is 3.57. The highest BCUT2D eigenvalue weighted by atomic mass is 32.1. The van der Waals surface area contributed by atoms with E-state index >= 15 is 0 Å². The molecule has 2 aromatic heterocycles. The number of aryl methyl sites for hydroxylation is 1. The third kappa shape index (κ3) is 2.87. The number of aromatic nitrogens is 3. The molecule has 0 unspecified atom stereocenters. The van der Waals surface area contributed by atoms with Crippen LogP contribution in [0.5, 0.6) is 11.5 Å². The quantitative estimate of drug-likeness (QED) is 0.798. The predicted molar refractivity (Wildman–Crippen MR) is 77.6 cm³/mol. The van der Waals surface area contributed by atoms with E-state index in [0.717, 1.165) is 10.7 Å². The Morgan fingerprint density at radius 3 is 2.90 bits per heavy atom. The monoisotopic (exact) mass is 303 g/mol. The highest BCUT2D eigenvalue weighted by Gasteiger charge is 2.13. The zero-order valence-electron chi connectivity index (χ0n) is 11.5. The summed E-state index contributed by atoms with van der Waals surface area (Å²) >= 11 is 1.57. The molecular weight excluding hydrogens is 290 g/mol. The van der Waals surface area contributed by atoms with Crippen LogP contribution in [-0.4, -0.2) is 27.3 Å². The van der Waals surface area contributed by atoms with Crippen molar-refractivity contribution in [2.45, 2.75) is 13.3 Å². The number of hydrogen-bond donors (Lipinski definition) is 1. The van der Waals surface area contributed by atoms with Crippen LogP contribution in [0, 0.1) is 6.92 Å². The fraction of sp³-hybridized carbons (Fsp3) is 0.214. The van der Waals surface area contributed by atoms with E-state index in [9.17, 15) is 5.11 Å². The van der Waals surface area contributed by atoms with E-state index < -0.39 is 0 Å². The molecule has 3 aromatic rings. The minimum atomic E-state index is 0.0687. The molecule has 108 valence electrons. The average molecular weight is 303 g/mol. The molecule has 6 nitrogen and oxygen atoms in total. The van der Waals surface area contributed by atoms with Crippen molar-refractivity contribution in [2.24, 2.45) is 0 Å². The van der Waals surface area contributed by atoms with Gasteiger partial charge in [0.15, 0.2) is 17.3 Å². The lowest BCUT2D eigenvalue weighted by atomic mass is 10.2. The molecule has 0 atom stereocenters. The van der Waals surface area contributed by atoms with Gasteiger partial charge >= 0.3 is 0 Å². The average Bonchev–Trinajstić information content (AvgIpc) is 3.09. The summed E-state index contributed by atoms with van der Waals surface area (Å²) in [5.41, 5.74) is 1.68. The van der Waals surface area contributed by atoms with Crippen molar-refractivity contribution in [3.05, 3.63) is 40.1 Å². The summed E-state index contributed by atoms with van der Waals surface area (Å²) in [6.07, 6.45) is 0.539. The molecule has 0 aliphatic rings. The van der Waals surface area contributed by atoms with Crippen LogP contribution in [0.2, 0.25) is 0 Å². The molecule has 1 aromatic carbocycles. The maximum Gasteiger partial charge on any atom is 0.258 e. The molecule has 0 aliphatic carbocycles. The van der Waals surface area contributed by atoms with Gasteiger partial charge in [-0.1, -0.05) is 5.16 Å². The molecule has 0 aliphatic heterocycles. The zero-order chi connectivity index (χ0) is 14.8. The second-order valence-corrected chi connectivity index (χ2v) is 5.40. The van der Waals surface area contributed by atoms with Gasteiger partial charge in [0.05, 0.1) is 13.5 Å². The van der Waals surface area contributed by atoms with Crippen LogP contribution in [0.1, 0.15) is 16.5 Å². The summed E-state index contributed by atoms with van der Waals surface area (Å²) in [5, 5.41) is 16.5. The number of phenols is 1. The zero-order valence-corrected chi connectivity index (χ0v) is 12.3. The fourth-order valence-corrected chi connectivity index (χ4v) is 2.64. The smallest absolute Gasteiger partial charge is 0.258 e. The van der Waals surface area contributed by atoms with Gasteiger partial charge in [-0.15, -0.1) is 11.3 Å². The summed E-state index contributed by atoms with van der Waals surface area (Å²) in [6, 6.07) is 4.88. The number of benzene rings is 1. The Morgan fingerprint density at radius 1 is 1.33 bits per heavy atom. The Bertz CT molecular complexity index is 766. The van der Waals surface area contributed by atoms with E-state index in [2.05, 4.69) is 15.1 Å². The largest absolute Gasteiger partial charge is 0.504 e. The van der Waals surface area contributed by atoms with Crippen LogP contribution in [0.3, 0.4) is 0 Å². The van der Waals surface area contributed by atoms with Crippen LogP contribution >= 0.6 is 11.3 Å². The summed E-state index contributed by atoms with van der Waals surface area (Å²) in [6.45, 7) is 1.95. The number of rotatable bonds is 4. The maximum absolute atomic E-state index is 9.59. The van der Waals surface area contributed by atoms with Crippen molar-refractivity contribution in [2.75, 3.05) is 7.11 Å². The molecule has 0 radical (unpaired) electrons. The van der Waals surface area contributed by atoms with E-state index in [1.807, 2.05) is 12.3 Å². The summed E-state index contributed by atoms with van der Waals surface area (Å²) < 4.78 is 10.3. The topological polar surface area (TPSA) is 81.3 Å². The van der Waals surface area contributed by atoms with Crippen LogP contribution in [0.15, 0.2) is 28.1 Å². The first-order valence-corrected chi connectivity index (χ1v) is 7.14. The highest BCUT2D eigenvalue weighted by molar-refractivity contribution is 7.09. The van der Waals surface area contributed by atoms with Gasteiger partial charge in [-0.25, -0.2) is 4.98 Å². The molecule has 1 N–H and O–H groups in total. The molecule has 0 amide bonds. The highest BCUT2D eigenvalue weighted by Crippen LogP contribution is 2.30. The van der Waals surface area contributed by atoms with Crippen molar-refractivity contribution >= 4 is 11.3 Å². The first-order valence-electron chi connectivity index (χ1n) is 6.26. The molecular formula is C14H13N3O3S. The number of methoxy groups -OCH3 is 1.